The van der Waals surface area contributed by atoms with Crippen LogP contribution in [0.4, 0.5) is 0 Å². The zero-order chi connectivity index (χ0) is 10.8. The molecule has 1 atom stereocenters. The van der Waals surface area contributed by atoms with E-state index in [0.717, 1.165) is 24.4 Å². The molecule has 2 rings (SSSR count). The Kier molecular flexibility index (Phi) is 3.21. The summed E-state index contributed by atoms with van der Waals surface area (Å²) in [5, 5.41) is 3.48. The van der Waals surface area contributed by atoms with Crippen molar-refractivity contribution in [1.82, 2.24) is 14.7 Å². The summed E-state index contributed by atoms with van der Waals surface area (Å²) in [7, 11) is 3.74. The van der Waals surface area contributed by atoms with E-state index in [-0.39, 0.29) is 5.56 Å². The summed E-state index contributed by atoms with van der Waals surface area (Å²) in [6, 6.07) is 2.25. The van der Waals surface area contributed by atoms with E-state index < -0.39 is 0 Å². The molecule has 1 aromatic rings. The van der Waals surface area contributed by atoms with Crippen LogP contribution in [0.15, 0.2) is 10.9 Å². The van der Waals surface area contributed by atoms with Gasteiger partial charge in [0.2, 0.25) is 0 Å². The monoisotopic (exact) mass is 227 g/mol. The highest BCUT2D eigenvalue weighted by atomic mass is 32.2. The zero-order valence-electron chi connectivity index (χ0n) is 9.19. The summed E-state index contributed by atoms with van der Waals surface area (Å²) in [6.45, 7) is 1.08. The second-order valence-electron chi connectivity index (χ2n) is 3.95. The number of aromatic nitrogens is 2. The highest BCUT2D eigenvalue weighted by molar-refractivity contribution is 7.99. The predicted molar refractivity (Wildman–Crippen MR) is 63.5 cm³/mol. The second-order valence-corrected chi connectivity index (χ2v) is 5.10. The Morgan fingerprint density at radius 2 is 2.33 bits per heavy atom. The minimum Gasteiger partial charge on any atom is -0.312 e. The summed E-state index contributed by atoms with van der Waals surface area (Å²) >= 11 is 1.98. The first-order valence-electron chi connectivity index (χ1n) is 5.21. The van der Waals surface area contributed by atoms with E-state index in [4.69, 9.17) is 0 Å². The highest BCUT2D eigenvalue weighted by Crippen LogP contribution is 2.11. The van der Waals surface area contributed by atoms with Gasteiger partial charge in [0.25, 0.3) is 5.56 Å². The zero-order valence-corrected chi connectivity index (χ0v) is 10.0. The molecular weight excluding hydrogens is 210 g/mol. The minimum absolute atomic E-state index is 0.0796. The van der Waals surface area contributed by atoms with E-state index >= 15 is 0 Å². The molecule has 4 nitrogen and oxygen atoms in total. The van der Waals surface area contributed by atoms with E-state index in [9.17, 15) is 4.79 Å². The first-order chi connectivity index (χ1) is 7.18. The van der Waals surface area contributed by atoms with E-state index in [1.165, 1.54) is 5.75 Å². The first kappa shape index (κ1) is 10.8. The Balaban J connectivity index is 2.09. The van der Waals surface area contributed by atoms with Gasteiger partial charge in [0.15, 0.2) is 0 Å². The van der Waals surface area contributed by atoms with Crippen LogP contribution in [0.3, 0.4) is 0 Å². The van der Waals surface area contributed by atoms with E-state index in [2.05, 4.69) is 5.32 Å². The van der Waals surface area contributed by atoms with Crippen LogP contribution in [0, 0.1) is 0 Å². The maximum absolute atomic E-state index is 11.4. The first-order valence-corrected chi connectivity index (χ1v) is 6.37. The molecular formula is C10H17N3OS. The molecule has 1 saturated heterocycles. The van der Waals surface area contributed by atoms with E-state index in [1.54, 1.807) is 17.8 Å². The Bertz CT molecular complexity index is 390. The summed E-state index contributed by atoms with van der Waals surface area (Å²) in [4.78, 5) is 11.4. The van der Waals surface area contributed by atoms with Crippen molar-refractivity contribution in [2.24, 2.45) is 14.1 Å². The third kappa shape index (κ3) is 2.29. The molecule has 1 aliphatic heterocycles. The number of hydrogen-bond acceptors (Lipinski definition) is 3. The lowest BCUT2D eigenvalue weighted by Gasteiger charge is -2.23. The highest BCUT2D eigenvalue weighted by Gasteiger charge is 2.15. The summed E-state index contributed by atoms with van der Waals surface area (Å²) in [6.07, 6.45) is 0.944. The SMILES string of the molecule is Cn1c(CC2CSCCN2)cc(=O)n1C. The third-order valence-electron chi connectivity index (χ3n) is 2.93. The van der Waals surface area contributed by atoms with Crippen LogP contribution < -0.4 is 10.9 Å². The molecule has 1 fully saturated rings. The average molecular weight is 227 g/mol. The van der Waals surface area contributed by atoms with Crippen LogP contribution in [0.5, 0.6) is 0 Å². The maximum Gasteiger partial charge on any atom is 0.266 e. The minimum atomic E-state index is 0.0796. The van der Waals surface area contributed by atoms with Gasteiger partial charge in [-0.05, 0) is 0 Å². The molecule has 1 aliphatic rings. The summed E-state index contributed by atoms with van der Waals surface area (Å²) in [5.74, 6) is 2.34. The smallest absolute Gasteiger partial charge is 0.266 e. The Morgan fingerprint density at radius 1 is 1.53 bits per heavy atom. The topological polar surface area (TPSA) is 39.0 Å². The standard InChI is InChI=1S/C10H17N3OS/c1-12-9(6-10(14)13(12)2)5-8-7-15-4-3-11-8/h6,8,11H,3-5,7H2,1-2H3. The molecule has 0 saturated carbocycles. The fraction of sp³-hybridized carbons (Fsp3) is 0.700. The van der Waals surface area contributed by atoms with Crippen LogP contribution in [0.2, 0.25) is 0 Å². The molecule has 0 bridgehead atoms. The molecule has 1 aromatic heterocycles. The lowest BCUT2D eigenvalue weighted by Crippen LogP contribution is -2.39. The van der Waals surface area contributed by atoms with Crippen LogP contribution in [-0.2, 0) is 20.5 Å². The quantitative estimate of drug-likeness (QED) is 0.771. The Hall–Kier alpha value is -0.680. The molecule has 0 aliphatic carbocycles. The molecule has 0 spiro atoms. The van der Waals surface area contributed by atoms with E-state index in [1.807, 2.05) is 23.5 Å². The molecule has 0 radical (unpaired) electrons. The van der Waals surface area contributed by atoms with Crippen molar-refractivity contribution in [3.8, 4) is 0 Å². The van der Waals surface area contributed by atoms with Crippen molar-refractivity contribution >= 4 is 11.8 Å². The van der Waals surface area contributed by atoms with E-state index in [0.29, 0.717) is 6.04 Å². The number of nitrogens with one attached hydrogen (secondary N) is 1. The van der Waals surface area contributed by atoms with Gasteiger partial charge in [-0.2, -0.15) is 11.8 Å². The largest absolute Gasteiger partial charge is 0.312 e. The average Bonchev–Trinajstić information content (AvgIpc) is 2.48. The van der Waals surface area contributed by atoms with Gasteiger partial charge < -0.3 is 5.32 Å². The Morgan fingerprint density at radius 3 is 2.87 bits per heavy atom. The van der Waals surface area contributed by atoms with Crippen LogP contribution in [0.1, 0.15) is 5.69 Å². The van der Waals surface area contributed by atoms with Crippen molar-refractivity contribution in [3.05, 3.63) is 22.1 Å². The normalized spacial score (nSPS) is 21.9. The van der Waals surface area contributed by atoms with Crippen molar-refractivity contribution in [1.29, 1.82) is 0 Å². The number of hydrogen-bond donors (Lipinski definition) is 1. The Labute approximate surface area is 93.6 Å². The maximum atomic E-state index is 11.4. The van der Waals surface area contributed by atoms with Gasteiger partial charge in [0.05, 0.1) is 0 Å². The second kappa shape index (κ2) is 4.45. The molecule has 2 heterocycles. The molecule has 84 valence electrons. The van der Waals surface area contributed by atoms with Gasteiger partial charge >= 0.3 is 0 Å². The van der Waals surface area contributed by atoms with Crippen LogP contribution >= 0.6 is 11.8 Å². The van der Waals surface area contributed by atoms with Gasteiger partial charge in [-0.3, -0.25) is 14.2 Å². The van der Waals surface area contributed by atoms with Crippen molar-refractivity contribution in [2.45, 2.75) is 12.5 Å². The summed E-state index contributed by atoms with van der Waals surface area (Å²) in [5.41, 5.74) is 1.19. The molecule has 1 unspecified atom stereocenters. The third-order valence-corrected chi connectivity index (χ3v) is 4.06. The number of rotatable bonds is 2. The van der Waals surface area contributed by atoms with Crippen molar-refractivity contribution in [2.75, 3.05) is 18.1 Å². The molecule has 1 N–H and O–H groups in total. The number of thioether (sulfide) groups is 1. The van der Waals surface area contributed by atoms with Crippen molar-refractivity contribution in [3.63, 3.8) is 0 Å². The van der Waals surface area contributed by atoms with Crippen LogP contribution in [-0.4, -0.2) is 33.5 Å². The van der Waals surface area contributed by atoms with Crippen molar-refractivity contribution < 1.29 is 0 Å². The summed E-state index contributed by atoms with van der Waals surface area (Å²) < 4.78 is 3.58. The fourth-order valence-corrected chi connectivity index (χ4v) is 2.81. The molecule has 0 aromatic carbocycles. The predicted octanol–water partition coefficient (Wildman–Crippen LogP) is -0.0287. The fourth-order valence-electron chi connectivity index (χ4n) is 1.86. The van der Waals surface area contributed by atoms with Gasteiger partial charge in [-0.15, -0.1) is 0 Å². The van der Waals surface area contributed by atoms with Gasteiger partial charge in [-0.1, -0.05) is 0 Å². The molecule has 5 heteroatoms. The van der Waals surface area contributed by atoms with Gasteiger partial charge in [-0.25, -0.2) is 0 Å². The lowest BCUT2D eigenvalue weighted by molar-refractivity contribution is 0.510. The number of nitrogens with zero attached hydrogens (tertiary/aromatic N) is 2. The van der Waals surface area contributed by atoms with Gasteiger partial charge in [0.1, 0.15) is 0 Å². The molecule has 0 amide bonds. The van der Waals surface area contributed by atoms with Gasteiger partial charge in [0, 0.05) is 56.4 Å². The molecule has 15 heavy (non-hydrogen) atoms. The lowest BCUT2D eigenvalue weighted by atomic mass is 10.2. The van der Waals surface area contributed by atoms with Crippen LogP contribution in [0.25, 0.3) is 0 Å².